The van der Waals surface area contributed by atoms with Gasteiger partial charge < -0.3 is 9.15 Å². The van der Waals surface area contributed by atoms with Crippen LogP contribution in [0.1, 0.15) is 23.2 Å². The van der Waals surface area contributed by atoms with Crippen molar-refractivity contribution in [1.29, 1.82) is 0 Å². The van der Waals surface area contributed by atoms with E-state index in [9.17, 15) is 19.2 Å². The van der Waals surface area contributed by atoms with Crippen LogP contribution in [-0.2, 0) is 20.9 Å². The minimum Gasteiger partial charge on any atom is -0.463 e. The largest absolute Gasteiger partial charge is 0.463 e. The Morgan fingerprint density at radius 2 is 1.85 bits per heavy atom. The van der Waals surface area contributed by atoms with E-state index in [-0.39, 0.29) is 24.6 Å². The number of likely N-dealkylation sites (N-methyl/N-ethyl adjacent to an activating group) is 1. The van der Waals surface area contributed by atoms with Gasteiger partial charge in [0.05, 0.1) is 13.7 Å². The highest BCUT2D eigenvalue weighted by atomic mass is 16.5. The van der Waals surface area contributed by atoms with Gasteiger partial charge in [-0.1, -0.05) is 0 Å². The first-order valence-corrected chi connectivity index (χ1v) is 5.84. The van der Waals surface area contributed by atoms with Gasteiger partial charge in [-0.3, -0.25) is 14.5 Å². The summed E-state index contributed by atoms with van der Waals surface area (Å²) in [5.41, 5.74) is 0. The Labute approximate surface area is 113 Å². The number of esters is 1. The summed E-state index contributed by atoms with van der Waals surface area (Å²) in [6.07, 6.45) is 0. The van der Waals surface area contributed by atoms with Crippen LogP contribution in [-0.4, -0.2) is 47.3 Å². The molecule has 4 amide bonds. The molecule has 0 unspecified atom stereocenters. The lowest BCUT2D eigenvalue weighted by Crippen LogP contribution is -2.32. The van der Waals surface area contributed by atoms with E-state index in [1.54, 1.807) is 6.92 Å². The number of rotatable bonds is 4. The number of urea groups is 1. The van der Waals surface area contributed by atoms with Crippen molar-refractivity contribution in [2.24, 2.45) is 0 Å². The van der Waals surface area contributed by atoms with E-state index in [0.29, 0.717) is 0 Å². The Hall–Kier alpha value is -2.64. The average molecular weight is 280 g/mol. The fourth-order valence-electron chi connectivity index (χ4n) is 1.80. The summed E-state index contributed by atoms with van der Waals surface area (Å²) in [5.74, 6) is -2.27. The number of methoxy groups -OCH3 is 1. The highest BCUT2D eigenvalue weighted by Gasteiger charge is 2.43. The van der Waals surface area contributed by atoms with Crippen molar-refractivity contribution in [3.8, 4) is 0 Å². The summed E-state index contributed by atoms with van der Waals surface area (Å²) in [6, 6.07) is 2.11. The van der Waals surface area contributed by atoms with E-state index in [1.165, 1.54) is 19.2 Å². The molecule has 1 aliphatic heterocycles. The van der Waals surface area contributed by atoms with E-state index in [0.717, 1.165) is 9.80 Å². The molecule has 8 nitrogen and oxygen atoms in total. The summed E-state index contributed by atoms with van der Waals surface area (Å²) in [4.78, 5) is 47.8. The molecule has 0 N–H and O–H groups in total. The van der Waals surface area contributed by atoms with Gasteiger partial charge in [0.2, 0.25) is 5.76 Å². The Balaban J connectivity index is 2.16. The molecule has 0 aliphatic carbocycles. The second-order valence-electron chi connectivity index (χ2n) is 3.98. The van der Waals surface area contributed by atoms with Crippen LogP contribution in [0.15, 0.2) is 16.5 Å². The highest BCUT2D eigenvalue weighted by Crippen LogP contribution is 2.17. The summed E-state index contributed by atoms with van der Waals surface area (Å²) in [6.45, 7) is 1.50. The van der Waals surface area contributed by atoms with Crippen molar-refractivity contribution >= 4 is 23.8 Å². The van der Waals surface area contributed by atoms with E-state index in [1.807, 2.05) is 0 Å². The molecule has 2 heterocycles. The lowest BCUT2D eigenvalue weighted by molar-refractivity contribution is -0.143. The molecule has 1 fully saturated rings. The third kappa shape index (κ3) is 2.15. The molecule has 0 spiro atoms. The van der Waals surface area contributed by atoms with Gasteiger partial charge in [-0.05, 0) is 19.1 Å². The van der Waals surface area contributed by atoms with Crippen LogP contribution < -0.4 is 0 Å². The van der Waals surface area contributed by atoms with Gasteiger partial charge in [0.15, 0.2) is 0 Å². The van der Waals surface area contributed by atoms with Gasteiger partial charge in [-0.25, -0.2) is 14.5 Å². The number of carbonyl (C=O) groups is 4. The fourth-order valence-corrected chi connectivity index (χ4v) is 1.80. The molecule has 1 aliphatic rings. The van der Waals surface area contributed by atoms with Crippen LogP contribution in [0.4, 0.5) is 4.79 Å². The first-order valence-electron chi connectivity index (χ1n) is 5.84. The van der Waals surface area contributed by atoms with Crippen LogP contribution >= 0.6 is 0 Å². The average Bonchev–Trinajstić information content (AvgIpc) is 2.98. The van der Waals surface area contributed by atoms with Crippen molar-refractivity contribution in [2.45, 2.75) is 13.5 Å². The van der Waals surface area contributed by atoms with Crippen LogP contribution in [0.3, 0.4) is 0 Å². The quantitative estimate of drug-likeness (QED) is 0.449. The Bertz CT molecular complexity index is 591. The number of hydrogen-bond acceptors (Lipinski definition) is 6. The molecule has 8 heteroatoms. The van der Waals surface area contributed by atoms with E-state index >= 15 is 0 Å². The number of hydrogen-bond donors (Lipinski definition) is 0. The predicted octanol–water partition coefficient (Wildman–Crippen LogP) is 0.377. The maximum Gasteiger partial charge on any atom is 0.373 e. The van der Waals surface area contributed by atoms with Crippen molar-refractivity contribution < 1.29 is 28.3 Å². The molecule has 0 saturated carbocycles. The zero-order valence-corrected chi connectivity index (χ0v) is 10.9. The Morgan fingerprint density at radius 3 is 2.40 bits per heavy atom. The fraction of sp³-hybridized carbons (Fsp3) is 0.333. The summed E-state index contributed by atoms with van der Waals surface area (Å²) < 4.78 is 9.62. The predicted molar refractivity (Wildman–Crippen MR) is 63.4 cm³/mol. The molecule has 1 saturated heterocycles. The Kier molecular flexibility index (Phi) is 3.55. The van der Waals surface area contributed by atoms with Gasteiger partial charge in [-0.15, -0.1) is 0 Å². The summed E-state index contributed by atoms with van der Waals surface area (Å²) in [7, 11) is 1.20. The summed E-state index contributed by atoms with van der Waals surface area (Å²) >= 11 is 0. The molecule has 0 atom stereocenters. The van der Waals surface area contributed by atoms with Gasteiger partial charge >= 0.3 is 23.8 Å². The smallest absolute Gasteiger partial charge is 0.373 e. The third-order valence-corrected chi connectivity index (χ3v) is 2.81. The maximum atomic E-state index is 11.8. The zero-order chi connectivity index (χ0) is 14.9. The van der Waals surface area contributed by atoms with E-state index in [4.69, 9.17) is 4.42 Å². The summed E-state index contributed by atoms with van der Waals surface area (Å²) in [5, 5.41) is 0. The molecule has 1 aromatic heterocycles. The molecule has 2 rings (SSSR count). The van der Waals surface area contributed by atoms with Crippen molar-refractivity contribution in [3.05, 3.63) is 23.7 Å². The van der Waals surface area contributed by atoms with Gasteiger partial charge in [0.1, 0.15) is 5.76 Å². The number of imide groups is 2. The van der Waals surface area contributed by atoms with E-state index in [2.05, 4.69) is 4.74 Å². The normalized spacial score (nSPS) is 15.2. The molecular weight excluding hydrogens is 268 g/mol. The SMILES string of the molecule is CCN1C(=O)C(=O)N(Cc2ccc(C(=O)OC)o2)C1=O. The van der Waals surface area contributed by atoms with Crippen molar-refractivity contribution in [2.75, 3.05) is 13.7 Å². The van der Waals surface area contributed by atoms with E-state index < -0.39 is 23.8 Å². The molecule has 0 radical (unpaired) electrons. The standard InChI is InChI=1S/C12H12N2O6/c1-3-13-9(15)10(16)14(12(13)18)6-7-4-5-8(20-7)11(17)19-2/h4-5H,3,6H2,1-2H3. The molecule has 106 valence electrons. The van der Waals surface area contributed by atoms with Crippen LogP contribution in [0.5, 0.6) is 0 Å². The number of furan rings is 1. The molecule has 20 heavy (non-hydrogen) atoms. The highest BCUT2D eigenvalue weighted by molar-refractivity contribution is 6.44. The molecular formula is C12H12N2O6. The van der Waals surface area contributed by atoms with Gasteiger partial charge in [0, 0.05) is 6.54 Å². The second-order valence-corrected chi connectivity index (χ2v) is 3.98. The monoisotopic (exact) mass is 280 g/mol. The maximum absolute atomic E-state index is 11.8. The zero-order valence-electron chi connectivity index (χ0n) is 10.9. The number of amides is 4. The topological polar surface area (TPSA) is 97.1 Å². The van der Waals surface area contributed by atoms with Crippen LogP contribution in [0, 0.1) is 0 Å². The first kappa shape index (κ1) is 13.8. The lowest BCUT2D eigenvalue weighted by atomic mass is 10.4. The minimum absolute atomic E-state index is 0.0414. The molecule has 0 aromatic carbocycles. The lowest BCUT2D eigenvalue weighted by Gasteiger charge is -2.12. The Morgan fingerprint density at radius 1 is 1.20 bits per heavy atom. The first-order chi connectivity index (χ1) is 9.49. The number of nitrogens with zero attached hydrogens (tertiary/aromatic N) is 2. The van der Waals surface area contributed by atoms with Gasteiger partial charge in [0.25, 0.3) is 0 Å². The van der Waals surface area contributed by atoms with Crippen LogP contribution in [0.2, 0.25) is 0 Å². The third-order valence-electron chi connectivity index (χ3n) is 2.81. The van der Waals surface area contributed by atoms with Gasteiger partial charge in [-0.2, -0.15) is 0 Å². The van der Waals surface area contributed by atoms with Crippen LogP contribution in [0.25, 0.3) is 0 Å². The second kappa shape index (κ2) is 5.16. The molecule has 1 aromatic rings. The number of ether oxygens (including phenoxy) is 1. The minimum atomic E-state index is -0.909. The number of carbonyl (C=O) groups excluding carboxylic acids is 4. The van der Waals surface area contributed by atoms with Crippen molar-refractivity contribution in [3.63, 3.8) is 0 Å². The van der Waals surface area contributed by atoms with Crippen molar-refractivity contribution in [1.82, 2.24) is 9.80 Å². The molecule has 0 bridgehead atoms.